The lowest BCUT2D eigenvalue weighted by molar-refractivity contribution is 1.18. The molecule has 0 spiro atoms. The van der Waals surface area contributed by atoms with E-state index in [4.69, 9.17) is 0 Å². The van der Waals surface area contributed by atoms with Crippen molar-refractivity contribution in [2.75, 3.05) is 19.6 Å². The Labute approximate surface area is 522 Å². The lowest BCUT2D eigenvalue weighted by Crippen LogP contribution is -2.61. The van der Waals surface area contributed by atoms with Crippen LogP contribution in [0.4, 0.5) is 68.2 Å². The molecule has 0 radical (unpaired) electrons. The first kappa shape index (κ1) is 50.1. The molecule has 0 atom stereocenters. The fraction of sp³-hybridized carbons (Fsp3) is 0. The average Bonchev–Trinajstić information content (AvgIpc) is 1.62. The molecule has 1 aromatic heterocycles. The van der Waals surface area contributed by atoms with Crippen LogP contribution in [0.2, 0.25) is 0 Å². The molecule has 4 nitrogen and oxygen atoms in total. The van der Waals surface area contributed by atoms with E-state index in [9.17, 15) is 0 Å². The molecule has 5 aliphatic heterocycles. The second-order valence-electron chi connectivity index (χ2n) is 23.9. The van der Waals surface area contributed by atoms with Gasteiger partial charge in [0.15, 0.2) is 0 Å². The van der Waals surface area contributed by atoms with Gasteiger partial charge in [-0.25, -0.2) is 0 Å². The predicted octanol–water partition coefficient (Wildman–Crippen LogP) is 18.2. The molecular formula is C82H52B2N4S. The second-order valence-corrected chi connectivity index (χ2v) is 25.0. The van der Waals surface area contributed by atoms with E-state index in [1.165, 1.54) is 144 Å². The first-order valence-electron chi connectivity index (χ1n) is 30.8. The summed E-state index contributed by atoms with van der Waals surface area (Å²) in [5.41, 5.74) is 33.8. The smallest absolute Gasteiger partial charge is 0.264 e. The molecule has 7 heteroatoms. The van der Waals surface area contributed by atoms with E-state index in [2.05, 4.69) is 335 Å². The molecule has 0 bridgehead atoms. The summed E-state index contributed by atoms with van der Waals surface area (Å²) < 4.78 is 2.72. The summed E-state index contributed by atoms with van der Waals surface area (Å²) in [5.74, 6) is 0. The molecule has 0 saturated heterocycles. The molecule has 0 saturated carbocycles. The molecule has 0 unspecified atom stereocenters. The first-order valence-corrected chi connectivity index (χ1v) is 31.6. The van der Waals surface area contributed by atoms with Crippen molar-refractivity contribution in [2.24, 2.45) is 0 Å². The van der Waals surface area contributed by atoms with Crippen molar-refractivity contribution in [3.63, 3.8) is 0 Å². The summed E-state index contributed by atoms with van der Waals surface area (Å²) in [6.07, 6.45) is 0. The molecule has 89 heavy (non-hydrogen) atoms. The van der Waals surface area contributed by atoms with Gasteiger partial charge in [0.05, 0.1) is 22.7 Å². The van der Waals surface area contributed by atoms with Crippen LogP contribution in [0.5, 0.6) is 0 Å². The molecular weight excluding hydrogens is 1090 g/mol. The zero-order valence-corrected chi connectivity index (χ0v) is 49.2. The average molecular weight is 1150 g/mol. The monoisotopic (exact) mass is 1150 g/mol. The van der Waals surface area contributed by atoms with E-state index >= 15 is 0 Å². The van der Waals surface area contributed by atoms with Crippen LogP contribution in [-0.4, -0.2) is 13.4 Å². The van der Waals surface area contributed by atoms with Gasteiger partial charge < -0.3 is 19.6 Å². The molecule has 14 aromatic rings. The van der Waals surface area contributed by atoms with Gasteiger partial charge in [-0.3, -0.25) is 0 Å². The third-order valence-corrected chi connectivity index (χ3v) is 20.4. The molecule has 0 fully saturated rings. The van der Waals surface area contributed by atoms with E-state index in [1.54, 1.807) is 0 Å². The van der Waals surface area contributed by atoms with Crippen molar-refractivity contribution in [2.45, 2.75) is 0 Å². The minimum Gasteiger partial charge on any atom is -0.311 e. The Morgan fingerprint density at radius 3 is 0.933 bits per heavy atom. The normalized spacial score (nSPS) is 13.3. The van der Waals surface area contributed by atoms with E-state index < -0.39 is 0 Å². The van der Waals surface area contributed by atoms with E-state index in [-0.39, 0.29) is 13.4 Å². The topological polar surface area (TPSA) is 13.0 Å². The summed E-state index contributed by atoms with van der Waals surface area (Å²) in [5, 5.41) is 0. The highest BCUT2D eigenvalue weighted by atomic mass is 32.1. The van der Waals surface area contributed by atoms with Gasteiger partial charge in [0.1, 0.15) is 0 Å². The van der Waals surface area contributed by atoms with Crippen LogP contribution in [0.3, 0.4) is 0 Å². The maximum Gasteiger partial charge on any atom is 0.264 e. The molecule has 6 heterocycles. The third-order valence-electron chi connectivity index (χ3n) is 19.1. The van der Waals surface area contributed by atoms with E-state index in [0.717, 1.165) is 22.7 Å². The number of hydrogen-bond donors (Lipinski definition) is 0. The van der Waals surface area contributed by atoms with Crippen molar-refractivity contribution in [3.8, 4) is 66.8 Å². The van der Waals surface area contributed by atoms with Crippen molar-refractivity contribution in [1.82, 2.24) is 0 Å². The quantitative estimate of drug-likeness (QED) is 0.141. The molecule has 0 aliphatic carbocycles. The standard InChI is InChI=1S/C82H52B2N4S/c1-7-21-53(22-8-1)59-35-41-65(42-36-59)85-69-46-40-61(55-25-11-3-12-26-55)47-68(69)84-78-73(85)49-63(57-29-15-5-16-30-57)52-76(78)88-71-34-20-19-33-70(71)87-75-51-64(58-31-17-6-18-32-58)50-74-77(75)83(81-79(87)80(88)82(84)89-81)67-45-39-62(56-27-13-4-14-28-56)48-72(67)86(74)66-43-37-60(38-44-66)54-23-9-2-10-24-54/h1-52H. The maximum atomic E-state index is 2.68. The van der Waals surface area contributed by atoms with Gasteiger partial charge in [-0.1, -0.05) is 243 Å². The van der Waals surface area contributed by atoms with Gasteiger partial charge >= 0.3 is 0 Å². The Balaban J connectivity index is 0.907. The Kier molecular flexibility index (Phi) is 11.1. The molecule has 412 valence electrons. The van der Waals surface area contributed by atoms with Crippen LogP contribution in [0, 0.1) is 0 Å². The van der Waals surface area contributed by atoms with Crippen molar-refractivity contribution in [1.29, 1.82) is 0 Å². The Morgan fingerprint density at radius 2 is 0.506 bits per heavy atom. The zero-order valence-electron chi connectivity index (χ0n) is 48.4. The second kappa shape index (κ2) is 19.7. The molecule has 19 rings (SSSR count). The number of para-hydroxylation sites is 2. The van der Waals surface area contributed by atoms with Crippen molar-refractivity contribution >= 4 is 124 Å². The van der Waals surface area contributed by atoms with Gasteiger partial charge in [-0.05, 0) is 161 Å². The fourth-order valence-corrected chi connectivity index (χ4v) is 16.7. The van der Waals surface area contributed by atoms with Gasteiger partial charge in [-0.15, -0.1) is 0 Å². The van der Waals surface area contributed by atoms with Crippen LogP contribution < -0.4 is 51.0 Å². The van der Waals surface area contributed by atoms with Crippen LogP contribution in [0.15, 0.2) is 315 Å². The zero-order chi connectivity index (χ0) is 58.3. The van der Waals surface area contributed by atoms with E-state index in [0.29, 0.717) is 0 Å². The Morgan fingerprint density at radius 1 is 0.202 bits per heavy atom. The largest absolute Gasteiger partial charge is 0.311 e. The number of nitrogens with zero attached hydrogens (tertiary/aromatic N) is 4. The summed E-state index contributed by atoms with van der Waals surface area (Å²) in [4.78, 5) is 10.5. The van der Waals surface area contributed by atoms with Crippen LogP contribution >= 0.6 is 11.3 Å². The number of hydrogen-bond acceptors (Lipinski definition) is 5. The van der Waals surface area contributed by atoms with Crippen LogP contribution in [-0.2, 0) is 0 Å². The number of anilines is 12. The fourth-order valence-electron chi connectivity index (χ4n) is 15.2. The predicted molar refractivity (Wildman–Crippen MR) is 379 cm³/mol. The maximum absolute atomic E-state index is 2.68. The van der Waals surface area contributed by atoms with Gasteiger partial charge in [-0.2, -0.15) is 11.3 Å². The summed E-state index contributed by atoms with van der Waals surface area (Å²) >= 11 is 2.04. The Hall–Kier alpha value is -11.1. The molecule has 5 aliphatic rings. The minimum atomic E-state index is -0.108. The highest BCUT2D eigenvalue weighted by Gasteiger charge is 2.54. The molecule has 0 N–H and O–H groups in total. The van der Waals surface area contributed by atoms with Crippen LogP contribution in [0.25, 0.3) is 66.8 Å². The highest BCUT2D eigenvalue weighted by molar-refractivity contribution is 7.39. The number of fused-ring (bicyclic) bond motifs is 11. The minimum absolute atomic E-state index is 0.0979. The summed E-state index contributed by atoms with van der Waals surface area (Å²) in [6.45, 7) is -0.206. The van der Waals surface area contributed by atoms with Gasteiger partial charge in [0.25, 0.3) is 13.4 Å². The highest BCUT2D eigenvalue weighted by Crippen LogP contribution is 2.60. The molecule has 0 amide bonds. The van der Waals surface area contributed by atoms with Crippen LogP contribution in [0.1, 0.15) is 0 Å². The molecule has 13 aromatic carbocycles. The third kappa shape index (κ3) is 7.62. The van der Waals surface area contributed by atoms with Crippen molar-refractivity contribution < 1.29 is 0 Å². The van der Waals surface area contributed by atoms with E-state index in [1.807, 2.05) is 11.3 Å². The van der Waals surface area contributed by atoms with Gasteiger partial charge in [0, 0.05) is 55.1 Å². The van der Waals surface area contributed by atoms with Gasteiger partial charge in [0.2, 0.25) is 0 Å². The number of benzene rings is 13. The van der Waals surface area contributed by atoms with Crippen molar-refractivity contribution in [3.05, 3.63) is 315 Å². The number of thiophene rings is 1. The lowest BCUT2D eigenvalue weighted by atomic mass is 9.35. The summed E-state index contributed by atoms with van der Waals surface area (Å²) in [7, 11) is 0. The summed E-state index contributed by atoms with van der Waals surface area (Å²) in [6, 6.07) is 118. The lowest BCUT2D eigenvalue weighted by Gasteiger charge is -2.49. The number of rotatable bonds is 8. The Bertz CT molecular complexity index is 5140. The first-order chi connectivity index (χ1) is 44.2. The SMILES string of the molecule is c1ccc(-c2ccc(N3c4ccc(-c5ccccc5)cc4B4c5sc6c7c5N(c5ccccc5N7c5cc(-c7ccccc7)cc7c5B6c5ccc(-c6ccccc6)cc5N7c5ccc(-c6ccccc6)cc5)c5cc(-c6ccccc6)cc3c54)cc2)cc1.